The number of benzene rings is 2. The van der Waals surface area contributed by atoms with Crippen LogP contribution in [0.4, 0.5) is 5.82 Å². The molecule has 6 rings (SSSR count). The third-order valence-electron chi connectivity index (χ3n) is 5.98. The molecule has 7 heteroatoms. The Morgan fingerprint density at radius 1 is 0.848 bits per heavy atom. The second kappa shape index (κ2) is 7.94. The zero-order valence-electron chi connectivity index (χ0n) is 17.7. The third-order valence-corrected chi connectivity index (χ3v) is 5.98. The van der Waals surface area contributed by atoms with Gasteiger partial charge in [0, 0.05) is 29.0 Å². The number of nitrogens with one attached hydrogen (secondary N) is 2. The van der Waals surface area contributed by atoms with Gasteiger partial charge in [-0.1, -0.05) is 36.4 Å². The highest BCUT2D eigenvalue weighted by atomic mass is 16.2. The van der Waals surface area contributed by atoms with Crippen molar-refractivity contribution in [2.45, 2.75) is 19.3 Å². The first-order valence-corrected chi connectivity index (χ1v) is 10.9. The molecule has 160 valence electrons. The molecular formula is C26H20N6O. The van der Waals surface area contributed by atoms with E-state index < -0.39 is 0 Å². The largest absolute Gasteiger partial charge is 0.281 e. The minimum absolute atomic E-state index is 0.269. The molecule has 3 heterocycles. The van der Waals surface area contributed by atoms with Gasteiger partial charge in [-0.2, -0.15) is 0 Å². The summed E-state index contributed by atoms with van der Waals surface area (Å²) in [5, 5.41) is 3.00. The SMILES string of the molecule is O=C(NNc1nc(-c2ccccn2)nc2c1CCC2)c1cc2ccccc2c2cccnc12. The second-order valence-corrected chi connectivity index (χ2v) is 8.01. The second-order valence-electron chi connectivity index (χ2n) is 8.01. The number of nitrogens with zero attached hydrogens (tertiary/aromatic N) is 4. The molecular weight excluding hydrogens is 412 g/mol. The summed E-state index contributed by atoms with van der Waals surface area (Å²) < 4.78 is 0. The van der Waals surface area contributed by atoms with Gasteiger partial charge in [0.2, 0.25) is 0 Å². The molecule has 0 unspecified atom stereocenters. The molecule has 0 radical (unpaired) electrons. The minimum atomic E-state index is -0.269. The highest BCUT2D eigenvalue weighted by Gasteiger charge is 2.21. The van der Waals surface area contributed by atoms with Crippen LogP contribution in [0.2, 0.25) is 0 Å². The van der Waals surface area contributed by atoms with Crippen LogP contribution in [0.15, 0.2) is 73.1 Å². The lowest BCUT2D eigenvalue weighted by molar-refractivity contribution is 0.0964. The molecule has 1 aliphatic rings. The Bertz CT molecular complexity index is 1520. The number of hydrogen-bond donors (Lipinski definition) is 2. The van der Waals surface area contributed by atoms with E-state index in [0.717, 1.165) is 46.7 Å². The monoisotopic (exact) mass is 432 g/mol. The van der Waals surface area contributed by atoms with Crippen LogP contribution >= 0.6 is 0 Å². The van der Waals surface area contributed by atoms with E-state index >= 15 is 0 Å². The van der Waals surface area contributed by atoms with Gasteiger partial charge in [-0.05, 0) is 54.3 Å². The predicted octanol–water partition coefficient (Wildman–Crippen LogP) is 4.49. The van der Waals surface area contributed by atoms with Crippen LogP contribution < -0.4 is 10.9 Å². The molecule has 0 saturated heterocycles. The molecule has 5 aromatic rings. The molecule has 0 atom stereocenters. The Hall–Kier alpha value is -4.39. The molecule has 3 aromatic heterocycles. The number of aryl methyl sites for hydroxylation is 1. The van der Waals surface area contributed by atoms with Gasteiger partial charge in [-0.3, -0.25) is 25.6 Å². The van der Waals surface area contributed by atoms with Gasteiger partial charge in [0.05, 0.1) is 11.1 Å². The van der Waals surface area contributed by atoms with Crippen molar-refractivity contribution in [3.8, 4) is 11.5 Å². The molecule has 2 N–H and O–H groups in total. The zero-order valence-corrected chi connectivity index (χ0v) is 17.7. The lowest BCUT2D eigenvalue weighted by Gasteiger charge is -2.14. The number of carbonyl (C=O) groups is 1. The van der Waals surface area contributed by atoms with Crippen molar-refractivity contribution in [1.29, 1.82) is 0 Å². The standard InChI is InChI=1S/C26H20N6O/c33-26(20-15-16-7-1-2-8-17(16)18-10-6-14-28-23(18)20)32-31-24-19-9-5-12-21(19)29-25(30-24)22-11-3-4-13-27-22/h1-4,6-8,10-11,13-15H,5,9,12H2,(H,32,33)(H,29,30,31). The summed E-state index contributed by atoms with van der Waals surface area (Å²) in [4.78, 5) is 31.5. The fraction of sp³-hybridized carbons (Fsp3) is 0.115. The maximum atomic E-state index is 13.3. The molecule has 1 aliphatic carbocycles. The average Bonchev–Trinajstić information content (AvgIpc) is 3.36. The number of carbonyl (C=O) groups excluding carboxylic acids is 1. The number of amides is 1. The number of hydrogen-bond acceptors (Lipinski definition) is 6. The summed E-state index contributed by atoms with van der Waals surface area (Å²) in [5.41, 5.74) is 9.81. The topological polar surface area (TPSA) is 92.7 Å². The Morgan fingerprint density at radius 2 is 1.70 bits per heavy atom. The van der Waals surface area contributed by atoms with Gasteiger partial charge in [0.1, 0.15) is 5.69 Å². The van der Waals surface area contributed by atoms with Crippen molar-refractivity contribution in [2.75, 3.05) is 5.43 Å². The van der Waals surface area contributed by atoms with E-state index in [4.69, 9.17) is 4.98 Å². The van der Waals surface area contributed by atoms with Gasteiger partial charge in [0.25, 0.3) is 5.91 Å². The third kappa shape index (κ3) is 3.43. The maximum Gasteiger partial charge on any atom is 0.271 e. The average molecular weight is 432 g/mol. The molecule has 0 saturated carbocycles. The fourth-order valence-corrected chi connectivity index (χ4v) is 4.43. The summed E-state index contributed by atoms with van der Waals surface area (Å²) in [6.07, 6.45) is 6.20. The lowest BCUT2D eigenvalue weighted by atomic mass is 10.0. The lowest BCUT2D eigenvalue weighted by Crippen LogP contribution is -2.31. The minimum Gasteiger partial charge on any atom is -0.281 e. The number of hydrazine groups is 1. The fourth-order valence-electron chi connectivity index (χ4n) is 4.43. The molecule has 33 heavy (non-hydrogen) atoms. The van der Waals surface area contributed by atoms with Gasteiger partial charge in [0.15, 0.2) is 11.6 Å². The summed E-state index contributed by atoms with van der Waals surface area (Å²) in [6, 6.07) is 19.4. The number of rotatable bonds is 4. The summed E-state index contributed by atoms with van der Waals surface area (Å²) in [5.74, 6) is 0.893. The van der Waals surface area contributed by atoms with Crippen molar-refractivity contribution in [2.24, 2.45) is 0 Å². The molecule has 2 aromatic carbocycles. The number of anilines is 1. The zero-order chi connectivity index (χ0) is 22.2. The number of fused-ring (bicyclic) bond motifs is 4. The first-order chi connectivity index (χ1) is 16.3. The molecule has 0 fully saturated rings. The highest BCUT2D eigenvalue weighted by molar-refractivity contribution is 6.15. The predicted molar refractivity (Wildman–Crippen MR) is 128 cm³/mol. The van der Waals surface area contributed by atoms with Crippen molar-refractivity contribution >= 4 is 33.4 Å². The van der Waals surface area contributed by atoms with Crippen molar-refractivity contribution in [3.63, 3.8) is 0 Å². The van der Waals surface area contributed by atoms with Crippen LogP contribution in [0.3, 0.4) is 0 Å². The van der Waals surface area contributed by atoms with Crippen molar-refractivity contribution in [1.82, 2.24) is 25.4 Å². The molecule has 7 nitrogen and oxygen atoms in total. The Kier molecular flexibility index (Phi) is 4.65. The normalized spacial score (nSPS) is 12.6. The van der Waals surface area contributed by atoms with Crippen LogP contribution in [-0.4, -0.2) is 25.8 Å². The van der Waals surface area contributed by atoms with Crippen LogP contribution in [0.1, 0.15) is 28.0 Å². The summed E-state index contributed by atoms with van der Waals surface area (Å²) in [6.45, 7) is 0. The van der Waals surface area contributed by atoms with E-state index in [9.17, 15) is 4.79 Å². The first-order valence-electron chi connectivity index (χ1n) is 10.9. The van der Waals surface area contributed by atoms with Crippen LogP contribution in [-0.2, 0) is 12.8 Å². The van der Waals surface area contributed by atoms with E-state index in [1.165, 1.54) is 0 Å². The quantitative estimate of drug-likeness (QED) is 0.321. The summed E-state index contributed by atoms with van der Waals surface area (Å²) >= 11 is 0. The van der Waals surface area contributed by atoms with Gasteiger partial charge in [-0.15, -0.1) is 0 Å². The van der Waals surface area contributed by atoms with Gasteiger partial charge >= 0.3 is 0 Å². The van der Waals surface area contributed by atoms with Crippen LogP contribution in [0.5, 0.6) is 0 Å². The smallest absolute Gasteiger partial charge is 0.271 e. The van der Waals surface area contributed by atoms with Gasteiger partial charge < -0.3 is 0 Å². The number of aromatic nitrogens is 4. The van der Waals surface area contributed by atoms with Crippen LogP contribution in [0.25, 0.3) is 33.2 Å². The summed E-state index contributed by atoms with van der Waals surface area (Å²) in [7, 11) is 0. The van der Waals surface area contributed by atoms with E-state index in [2.05, 4.69) is 25.8 Å². The van der Waals surface area contributed by atoms with Crippen molar-refractivity contribution < 1.29 is 4.79 Å². The Balaban J connectivity index is 1.36. The molecule has 0 aliphatic heterocycles. The maximum absolute atomic E-state index is 13.3. The van der Waals surface area contributed by atoms with Crippen molar-refractivity contribution in [3.05, 3.63) is 89.9 Å². The van der Waals surface area contributed by atoms with E-state index in [-0.39, 0.29) is 5.91 Å². The Labute approximate surface area is 189 Å². The molecule has 0 bridgehead atoms. The molecule has 0 spiro atoms. The van der Waals surface area contributed by atoms with Crippen LogP contribution in [0, 0.1) is 0 Å². The molecule has 1 amide bonds. The Morgan fingerprint density at radius 3 is 2.61 bits per heavy atom. The first kappa shape index (κ1) is 19.3. The van der Waals surface area contributed by atoms with Gasteiger partial charge in [-0.25, -0.2) is 9.97 Å². The van der Waals surface area contributed by atoms with E-state index in [1.54, 1.807) is 12.4 Å². The number of pyridine rings is 2. The highest BCUT2D eigenvalue weighted by Crippen LogP contribution is 2.29. The van der Waals surface area contributed by atoms with E-state index in [0.29, 0.717) is 28.4 Å². The van der Waals surface area contributed by atoms with E-state index in [1.807, 2.05) is 60.7 Å².